The zero-order chi connectivity index (χ0) is 20.8. The van der Waals surface area contributed by atoms with E-state index < -0.39 is 18.5 Å². The van der Waals surface area contributed by atoms with Crippen molar-refractivity contribution in [2.45, 2.75) is 58.3 Å². The van der Waals surface area contributed by atoms with Crippen LogP contribution < -0.4 is 10.6 Å². The van der Waals surface area contributed by atoms with Crippen molar-refractivity contribution in [3.63, 3.8) is 0 Å². The highest BCUT2D eigenvalue weighted by atomic mass is 32.1. The van der Waals surface area contributed by atoms with E-state index in [1.54, 1.807) is 0 Å². The Hall–Kier alpha value is -2.40. The van der Waals surface area contributed by atoms with Crippen molar-refractivity contribution < 1.29 is 19.1 Å². The van der Waals surface area contributed by atoms with Crippen LogP contribution in [0.1, 0.15) is 61.5 Å². The van der Waals surface area contributed by atoms with E-state index in [9.17, 15) is 19.6 Å². The molecule has 156 valence electrons. The van der Waals surface area contributed by atoms with E-state index in [2.05, 4.69) is 23.6 Å². The van der Waals surface area contributed by atoms with Crippen LogP contribution in [0.15, 0.2) is 0 Å². The van der Waals surface area contributed by atoms with Crippen LogP contribution in [0.4, 0.5) is 5.00 Å². The second-order valence-electron chi connectivity index (χ2n) is 7.93. The zero-order valence-electron chi connectivity index (χ0n) is 16.7. The second-order valence-corrected chi connectivity index (χ2v) is 9.03. The number of anilines is 1. The number of ether oxygens (including phenoxy) is 1. The van der Waals surface area contributed by atoms with Crippen molar-refractivity contribution in [2.75, 3.05) is 18.5 Å². The molecule has 1 fully saturated rings. The van der Waals surface area contributed by atoms with Crippen LogP contribution in [-0.4, -0.2) is 30.9 Å². The normalized spacial score (nSPS) is 19.0. The number of carbonyl (C=O) groups is 3. The largest absolute Gasteiger partial charge is 0.454 e. The highest BCUT2D eigenvalue weighted by Gasteiger charge is 2.25. The van der Waals surface area contributed by atoms with E-state index in [-0.39, 0.29) is 18.4 Å². The maximum Gasteiger partial charge on any atom is 0.325 e. The van der Waals surface area contributed by atoms with Gasteiger partial charge in [0.15, 0.2) is 6.61 Å². The van der Waals surface area contributed by atoms with Gasteiger partial charge < -0.3 is 15.4 Å². The summed E-state index contributed by atoms with van der Waals surface area (Å²) in [5, 5.41) is 15.3. The molecule has 7 nitrogen and oxygen atoms in total. The third-order valence-corrected chi connectivity index (χ3v) is 6.79. The number of carbonyl (C=O) groups excluding carboxylic acids is 3. The second kappa shape index (κ2) is 9.88. The molecule has 1 heterocycles. The number of nitrogens with one attached hydrogen (secondary N) is 2. The lowest BCUT2D eigenvalue weighted by molar-refractivity contribution is -0.147. The van der Waals surface area contributed by atoms with E-state index in [0.29, 0.717) is 16.5 Å². The quantitative estimate of drug-likeness (QED) is 0.692. The fourth-order valence-electron chi connectivity index (χ4n) is 3.99. The van der Waals surface area contributed by atoms with Crippen LogP contribution in [0.2, 0.25) is 0 Å². The fraction of sp³-hybridized carbons (Fsp3) is 0.619. The average Bonchev–Trinajstić information content (AvgIpc) is 3.06. The molecule has 1 aromatic rings. The predicted octanol–water partition coefficient (Wildman–Crippen LogP) is 2.92. The van der Waals surface area contributed by atoms with E-state index in [4.69, 9.17) is 4.74 Å². The SMILES string of the molecule is C[C@H]1CCc2c(sc(NC(=O)COC(=O)CNC(=O)C3CCCCC3)c2C#N)C1. The molecule has 1 saturated carbocycles. The predicted molar refractivity (Wildman–Crippen MR) is 109 cm³/mol. The van der Waals surface area contributed by atoms with Gasteiger partial charge in [-0.15, -0.1) is 11.3 Å². The lowest BCUT2D eigenvalue weighted by Gasteiger charge is -2.20. The van der Waals surface area contributed by atoms with Gasteiger partial charge in [0, 0.05) is 10.8 Å². The highest BCUT2D eigenvalue weighted by Crippen LogP contribution is 2.39. The third kappa shape index (κ3) is 5.57. The molecule has 8 heteroatoms. The van der Waals surface area contributed by atoms with Crippen molar-refractivity contribution in [1.82, 2.24) is 5.32 Å². The number of nitrogens with zero attached hydrogens (tertiary/aromatic N) is 1. The Morgan fingerprint density at radius 1 is 1.21 bits per heavy atom. The Bertz CT molecular complexity index is 821. The Morgan fingerprint density at radius 3 is 2.69 bits per heavy atom. The number of nitriles is 1. The first kappa shape index (κ1) is 21.3. The van der Waals surface area contributed by atoms with Gasteiger partial charge in [0.25, 0.3) is 5.91 Å². The lowest BCUT2D eigenvalue weighted by atomic mass is 9.89. The van der Waals surface area contributed by atoms with Gasteiger partial charge >= 0.3 is 5.97 Å². The fourth-order valence-corrected chi connectivity index (χ4v) is 5.36. The molecule has 0 radical (unpaired) electrons. The summed E-state index contributed by atoms with van der Waals surface area (Å²) in [6.07, 6.45) is 7.75. The van der Waals surface area contributed by atoms with Gasteiger partial charge in [-0.3, -0.25) is 14.4 Å². The molecule has 2 N–H and O–H groups in total. The first-order valence-electron chi connectivity index (χ1n) is 10.3. The zero-order valence-corrected chi connectivity index (χ0v) is 17.5. The maximum absolute atomic E-state index is 12.2. The summed E-state index contributed by atoms with van der Waals surface area (Å²) in [6.45, 7) is 1.50. The average molecular weight is 418 g/mol. The number of hydrogen-bond acceptors (Lipinski definition) is 6. The molecule has 0 bridgehead atoms. The number of hydrogen-bond donors (Lipinski definition) is 2. The number of thiophene rings is 1. The smallest absolute Gasteiger partial charge is 0.325 e. The molecule has 0 spiro atoms. The van der Waals surface area contributed by atoms with Crippen molar-refractivity contribution in [3.05, 3.63) is 16.0 Å². The Balaban J connectivity index is 1.44. The van der Waals surface area contributed by atoms with Gasteiger partial charge in [-0.25, -0.2) is 0 Å². The minimum Gasteiger partial charge on any atom is -0.454 e. The molecular formula is C21H27N3O4S. The number of rotatable bonds is 6. The summed E-state index contributed by atoms with van der Waals surface area (Å²) in [4.78, 5) is 37.2. The summed E-state index contributed by atoms with van der Waals surface area (Å²) in [5.74, 6) is -0.717. The molecule has 0 saturated heterocycles. The minimum atomic E-state index is -0.649. The van der Waals surface area contributed by atoms with Crippen molar-refractivity contribution in [2.24, 2.45) is 11.8 Å². The first-order valence-corrected chi connectivity index (χ1v) is 11.1. The molecule has 2 aliphatic rings. The molecule has 1 aromatic heterocycles. The molecule has 2 aliphatic carbocycles. The van der Waals surface area contributed by atoms with Gasteiger partial charge in [0.05, 0.1) is 5.56 Å². The highest BCUT2D eigenvalue weighted by molar-refractivity contribution is 7.16. The summed E-state index contributed by atoms with van der Waals surface area (Å²) in [7, 11) is 0. The van der Waals surface area contributed by atoms with E-state index in [1.165, 1.54) is 11.3 Å². The van der Waals surface area contributed by atoms with Crippen LogP contribution >= 0.6 is 11.3 Å². The standard InChI is InChI=1S/C21H27N3O4S/c1-13-7-8-15-16(10-22)21(29-17(15)9-13)24-18(25)12-28-19(26)11-23-20(27)14-5-3-2-4-6-14/h13-14H,2-9,11-12H2,1H3,(H,23,27)(H,24,25)/t13-/m0/s1. The van der Waals surface area contributed by atoms with E-state index in [0.717, 1.165) is 61.8 Å². The van der Waals surface area contributed by atoms with E-state index in [1.807, 2.05) is 0 Å². The van der Waals surface area contributed by atoms with E-state index >= 15 is 0 Å². The molecule has 3 rings (SSSR count). The Labute approximate surface area is 174 Å². The topological polar surface area (TPSA) is 108 Å². The summed E-state index contributed by atoms with van der Waals surface area (Å²) < 4.78 is 4.96. The van der Waals surface area contributed by atoms with Gasteiger partial charge in [-0.1, -0.05) is 26.2 Å². The van der Waals surface area contributed by atoms with Gasteiger partial charge in [0.2, 0.25) is 5.91 Å². The molecular weight excluding hydrogens is 390 g/mol. The number of amides is 2. The van der Waals surface area contributed by atoms with Crippen molar-refractivity contribution >= 4 is 34.1 Å². The molecule has 1 atom stereocenters. The molecule has 0 aliphatic heterocycles. The Morgan fingerprint density at radius 2 is 1.97 bits per heavy atom. The first-order chi connectivity index (χ1) is 14.0. The van der Waals surface area contributed by atoms with Gasteiger partial charge in [-0.2, -0.15) is 5.26 Å². The molecule has 0 aromatic carbocycles. The van der Waals surface area contributed by atoms with Crippen LogP contribution in [0.25, 0.3) is 0 Å². The molecule has 0 unspecified atom stereocenters. The summed E-state index contributed by atoms with van der Waals surface area (Å²) in [5.41, 5.74) is 1.56. The van der Waals surface area contributed by atoms with Crippen molar-refractivity contribution in [1.29, 1.82) is 5.26 Å². The van der Waals surface area contributed by atoms with Crippen LogP contribution in [0.5, 0.6) is 0 Å². The third-order valence-electron chi connectivity index (χ3n) is 5.62. The number of esters is 1. The molecule has 2 amide bonds. The Kier molecular flexibility index (Phi) is 7.26. The maximum atomic E-state index is 12.2. The van der Waals surface area contributed by atoms with Gasteiger partial charge in [-0.05, 0) is 43.6 Å². The van der Waals surface area contributed by atoms with Crippen LogP contribution in [0.3, 0.4) is 0 Å². The lowest BCUT2D eigenvalue weighted by Crippen LogP contribution is -2.36. The minimum absolute atomic E-state index is 0.0307. The monoisotopic (exact) mass is 417 g/mol. The van der Waals surface area contributed by atoms with Crippen molar-refractivity contribution in [3.8, 4) is 6.07 Å². The molecule has 29 heavy (non-hydrogen) atoms. The summed E-state index contributed by atoms with van der Waals surface area (Å²) in [6, 6.07) is 2.19. The summed E-state index contributed by atoms with van der Waals surface area (Å²) >= 11 is 1.43. The number of fused-ring (bicyclic) bond motifs is 1. The van der Waals surface area contributed by atoms with Gasteiger partial charge in [0.1, 0.15) is 17.6 Å². The van der Waals surface area contributed by atoms with Crippen LogP contribution in [-0.2, 0) is 32.0 Å². The van der Waals surface area contributed by atoms with Crippen LogP contribution in [0, 0.1) is 23.2 Å².